The first-order valence-corrected chi connectivity index (χ1v) is 6.61. The highest BCUT2D eigenvalue weighted by molar-refractivity contribution is 5.77. The van der Waals surface area contributed by atoms with Crippen LogP contribution in [0.2, 0.25) is 0 Å². The molecule has 0 aromatic heterocycles. The Labute approximate surface area is 113 Å². The Morgan fingerprint density at radius 2 is 1.47 bits per heavy atom. The van der Waals surface area contributed by atoms with Crippen LogP contribution in [0.1, 0.15) is 23.5 Å². The number of cyclic esters (lactones) is 1. The maximum absolute atomic E-state index is 11.4. The number of hydrogen-bond acceptors (Lipinski definition) is 2. The zero-order valence-electron chi connectivity index (χ0n) is 10.7. The summed E-state index contributed by atoms with van der Waals surface area (Å²) >= 11 is 0. The Morgan fingerprint density at radius 1 is 0.947 bits per heavy atom. The molecule has 0 radical (unpaired) electrons. The van der Waals surface area contributed by atoms with Crippen molar-refractivity contribution in [2.24, 2.45) is 5.92 Å². The molecule has 1 aliphatic heterocycles. The first-order chi connectivity index (χ1) is 9.34. The van der Waals surface area contributed by atoms with Gasteiger partial charge in [0, 0.05) is 5.92 Å². The molecular weight excluding hydrogens is 236 g/mol. The van der Waals surface area contributed by atoms with Crippen molar-refractivity contribution in [1.29, 1.82) is 0 Å². The molecule has 0 saturated carbocycles. The van der Waals surface area contributed by atoms with Gasteiger partial charge in [0.2, 0.25) is 0 Å². The van der Waals surface area contributed by atoms with Crippen molar-refractivity contribution in [3.63, 3.8) is 0 Å². The number of carbonyl (C=O) groups excluding carboxylic acids is 1. The number of ether oxygens (including phenoxy) is 1. The molecule has 3 rings (SSSR count). The summed E-state index contributed by atoms with van der Waals surface area (Å²) in [7, 11) is 0. The summed E-state index contributed by atoms with van der Waals surface area (Å²) in [5.41, 5.74) is 2.52. The monoisotopic (exact) mass is 252 g/mol. The third kappa shape index (κ3) is 2.53. The number of rotatable bonds is 4. The van der Waals surface area contributed by atoms with Gasteiger partial charge in [-0.2, -0.15) is 0 Å². The van der Waals surface area contributed by atoms with E-state index in [2.05, 4.69) is 24.3 Å². The zero-order valence-corrected chi connectivity index (χ0v) is 10.7. The Morgan fingerprint density at radius 3 is 1.84 bits per heavy atom. The molecule has 1 aliphatic rings. The Hall–Kier alpha value is -2.09. The van der Waals surface area contributed by atoms with Gasteiger partial charge < -0.3 is 4.74 Å². The van der Waals surface area contributed by atoms with Gasteiger partial charge in [0.15, 0.2) is 0 Å². The lowest BCUT2D eigenvalue weighted by atomic mass is 9.83. The van der Waals surface area contributed by atoms with Gasteiger partial charge in [-0.05, 0) is 17.5 Å². The largest absolute Gasteiger partial charge is 0.464 e. The minimum Gasteiger partial charge on any atom is -0.464 e. The van der Waals surface area contributed by atoms with Crippen molar-refractivity contribution in [2.75, 3.05) is 6.61 Å². The van der Waals surface area contributed by atoms with E-state index in [4.69, 9.17) is 4.74 Å². The molecule has 1 atom stereocenters. The minimum atomic E-state index is -0.0585. The summed E-state index contributed by atoms with van der Waals surface area (Å²) in [5.74, 6) is 0.252. The van der Waals surface area contributed by atoms with E-state index >= 15 is 0 Å². The maximum atomic E-state index is 11.4. The van der Waals surface area contributed by atoms with Gasteiger partial charge in [0.05, 0.1) is 5.92 Å². The minimum absolute atomic E-state index is 0.0467. The van der Waals surface area contributed by atoms with Gasteiger partial charge in [0.1, 0.15) is 6.61 Å². The lowest BCUT2D eigenvalue weighted by molar-refractivity contribution is -0.169. The second-order valence-electron chi connectivity index (χ2n) is 4.94. The van der Waals surface area contributed by atoms with E-state index in [0.717, 1.165) is 6.42 Å². The zero-order chi connectivity index (χ0) is 13.1. The summed E-state index contributed by atoms with van der Waals surface area (Å²) in [6.07, 6.45) is 0.826. The molecule has 0 bridgehead atoms. The Bertz CT molecular complexity index is 508. The highest BCUT2D eigenvalue weighted by Gasteiger charge is 2.33. The molecule has 19 heavy (non-hydrogen) atoms. The van der Waals surface area contributed by atoms with Crippen molar-refractivity contribution in [1.82, 2.24) is 0 Å². The van der Waals surface area contributed by atoms with Gasteiger partial charge in [0.25, 0.3) is 0 Å². The van der Waals surface area contributed by atoms with Crippen LogP contribution in [0.25, 0.3) is 0 Å². The van der Waals surface area contributed by atoms with Gasteiger partial charge in [-0.15, -0.1) is 0 Å². The van der Waals surface area contributed by atoms with Gasteiger partial charge in [-0.25, -0.2) is 0 Å². The molecule has 0 spiro atoms. The molecule has 0 aliphatic carbocycles. The maximum Gasteiger partial charge on any atom is 0.312 e. The molecule has 2 nitrogen and oxygen atoms in total. The average Bonchev–Trinajstić information content (AvgIpc) is 2.48. The third-order valence-electron chi connectivity index (χ3n) is 3.68. The summed E-state index contributed by atoms with van der Waals surface area (Å²) in [4.78, 5) is 11.4. The van der Waals surface area contributed by atoms with Crippen LogP contribution in [0.5, 0.6) is 0 Å². The van der Waals surface area contributed by atoms with Crippen LogP contribution in [-0.2, 0) is 9.53 Å². The Kier molecular flexibility index (Phi) is 3.32. The van der Waals surface area contributed by atoms with Crippen LogP contribution in [0.4, 0.5) is 0 Å². The number of hydrogen-bond donors (Lipinski definition) is 0. The summed E-state index contributed by atoms with van der Waals surface area (Å²) in [6.45, 7) is 0.564. The topological polar surface area (TPSA) is 26.3 Å². The van der Waals surface area contributed by atoms with Crippen LogP contribution in [0.3, 0.4) is 0 Å². The van der Waals surface area contributed by atoms with E-state index in [1.165, 1.54) is 11.1 Å². The smallest absolute Gasteiger partial charge is 0.312 e. The van der Waals surface area contributed by atoms with Crippen molar-refractivity contribution in [3.05, 3.63) is 71.8 Å². The van der Waals surface area contributed by atoms with Crippen LogP contribution >= 0.6 is 0 Å². The third-order valence-corrected chi connectivity index (χ3v) is 3.68. The molecular formula is C17H16O2. The second kappa shape index (κ2) is 5.27. The van der Waals surface area contributed by atoms with Gasteiger partial charge in [-0.3, -0.25) is 4.79 Å². The molecule has 0 amide bonds. The number of esters is 1. The van der Waals surface area contributed by atoms with Gasteiger partial charge in [-0.1, -0.05) is 60.7 Å². The van der Waals surface area contributed by atoms with Crippen LogP contribution in [0, 0.1) is 5.92 Å². The lowest BCUT2D eigenvalue weighted by Gasteiger charge is -2.29. The van der Waals surface area contributed by atoms with E-state index in [9.17, 15) is 4.79 Å². The Balaban J connectivity index is 1.89. The van der Waals surface area contributed by atoms with Crippen LogP contribution < -0.4 is 0 Å². The van der Waals surface area contributed by atoms with Crippen molar-refractivity contribution in [3.8, 4) is 0 Å². The molecule has 2 aromatic rings. The average molecular weight is 252 g/mol. The predicted molar refractivity (Wildman–Crippen MR) is 73.8 cm³/mol. The molecule has 96 valence electrons. The van der Waals surface area contributed by atoms with E-state index in [1.54, 1.807) is 0 Å². The summed E-state index contributed by atoms with van der Waals surface area (Å²) in [5, 5.41) is 0. The standard InChI is InChI=1S/C17H16O2/c18-17-15(12-19-17)11-16(13-7-3-1-4-8-13)14-9-5-2-6-10-14/h1-10,15-16H,11-12H2. The van der Waals surface area contributed by atoms with Gasteiger partial charge >= 0.3 is 5.97 Å². The van der Waals surface area contributed by atoms with E-state index in [1.807, 2.05) is 36.4 Å². The van der Waals surface area contributed by atoms with Crippen LogP contribution in [-0.4, -0.2) is 12.6 Å². The highest BCUT2D eigenvalue weighted by Crippen LogP contribution is 2.33. The summed E-state index contributed by atoms with van der Waals surface area (Å²) < 4.78 is 4.88. The van der Waals surface area contributed by atoms with E-state index in [-0.39, 0.29) is 17.8 Å². The lowest BCUT2D eigenvalue weighted by Crippen LogP contribution is -2.35. The van der Waals surface area contributed by atoms with Crippen molar-refractivity contribution >= 4 is 5.97 Å². The van der Waals surface area contributed by atoms with Crippen LogP contribution in [0.15, 0.2) is 60.7 Å². The predicted octanol–water partition coefficient (Wildman–Crippen LogP) is 3.38. The molecule has 0 N–H and O–H groups in total. The molecule has 1 unspecified atom stereocenters. The van der Waals surface area contributed by atoms with Crippen molar-refractivity contribution < 1.29 is 9.53 Å². The fourth-order valence-corrected chi connectivity index (χ4v) is 2.55. The highest BCUT2D eigenvalue weighted by atomic mass is 16.6. The molecule has 1 heterocycles. The van der Waals surface area contributed by atoms with Crippen molar-refractivity contribution in [2.45, 2.75) is 12.3 Å². The fraction of sp³-hybridized carbons (Fsp3) is 0.235. The molecule has 1 saturated heterocycles. The first kappa shape index (κ1) is 12.0. The second-order valence-corrected chi connectivity index (χ2v) is 4.94. The molecule has 2 heteroatoms. The molecule has 1 fully saturated rings. The molecule has 2 aromatic carbocycles. The van der Waals surface area contributed by atoms with E-state index in [0.29, 0.717) is 6.61 Å². The normalized spacial score (nSPS) is 17.9. The van der Waals surface area contributed by atoms with E-state index < -0.39 is 0 Å². The quantitative estimate of drug-likeness (QED) is 0.780. The summed E-state index contributed by atoms with van der Waals surface area (Å²) in [6, 6.07) is 20.7. The first-order valence-electron chi connectivity index (χ1n) is 6.61. The number of carbonyl (C=O) groups is 1. The number of benzene rings is 2. The fourth-order valence-electron chi connectivity index (χ4n) is 2.55. The SMILES string of the molecule is O=C1OCC1CC(c1ccccc1)c1ccccc1.